The van der Waals surface area contributed by atoms with Gasteiger partial charge in [0.15, 0.2) is 0 Å². The van der Waals surface area contributed by atoms with Crippen molar-refractivity contribution in [1.82, 2.24) is 0 Å². The van der Waals surface area contributed by atoms with Crippen LogP contribution in [0.1, 0.15) is 39.5 Å². The maximum Gasteiger partial charge on any atom is 0.315 e. The molecule has 4 nitrogen and oxygen atoms in total. The fourth-order valence-electron chi connectivity index (χ4n) is 1.40. The largest absolute Gasteiger partial charge is 0.462 e. The van der Waals surface area contributed by atoms with Gasteiger partial charge < -0.3 is 9.47 Å². The number of hydrogen-bond donors (Lipinski definition) is 1. The quantitative estimate of drug-likeness (QED) is 0.393. The lowest BCUT2D eigenvalue weighted by Gasteiger charge is -2.13. The van der Waals surface area contributed by atoms with Crippen LogP contribution >= 0.6 is 12.6 Å². The molecular weight excluding hydrogens is 240 g/mol. The summed E-state index contributed by atoms with van der Waals surface area (Å²) >= 11 is 3.76. The van der Waals surface area contributed by atoms with Gasteiger partial charge in [-0.25, -0.2) is 0 Å². The summed E-state index contributed by atoms with van der Waals surface area (Å²) < 4.78 is 9.79. The molecular formula is C12H22O4S. The second kappa shape index (κ2) is 10.4. The Morgan fingerprint density at radius 3 is 2.35 bits per heavy atom. The van der Waals surface area contributed by atoms with E-state index in [0.717, 1.165) is 25.7 Å². The average Bonchev–Trinajstić information content (AvgIpc) is 2.35. The minimum atomic E-state index is -0.401. The van der Waals surface area contributed by atoms with Gasteiger partial charge in [-0.3, -0.25) is 9.59 Å². The van der Waals surface area contributed by atoms with Gasteiger partial charge in [-0.2, -0.15) is 12.6 Å². The average molecular weight is 262 g/mol. The number of esters is 2. The molecule has 0 heterocycles. The van der Waals surface area contributed by atoms with Crippen molar-refractivity contribution in [3.05, 3.63) is 0 Å². The van der Waals surface area contributed by atoms with E-state index in [1.54, 1.807) is 0 Å². The van der Waals surface area contributed by atoms with Crippen LogP contribution in [-0.2, 0) is 19.1 Å². The molecule has 0 aliphatic carbocycles. The summed E-state index contributed by atoms with van der Waals surface area (Å²) in [6.45, 7) is 4.30. The molecule has 5 heteroatoms. The van der Waals surface area contributed by atoms with Crippen LogP contribution in [0.15, 0.2) is 0 Å². The first kappa shape index (κ1) is 16.3. The molecule has 0 bridgehead atoms. The van der Waals surface area contributed by atoms with E-state index < -0.39 is 5.97 Å². The number of hydrogen-bond acceptors (Lipinski definition) is 5. The van der Waals surface area contributed by atoms with Crippen LogP contribution < -0.4 is 0 Å². The van der Waals surface area contributed by atoms with Crippen molar-refractivity contribution in [1.29, 1.82) is 0 Å². The third kappa shape index (κ3) is 8.07. The molecule has 0 N–H and O–H groups in total. The van der Waals surface area contributed by atoms with Crippen molar-refractivity contribution in [2.45, 2.75) is 39.5 Å². The van der Waals surface area contributed by atoms with Gasteiger partial charge in [0.2, 0.25) is 0 Å². The van der Waals surface area contributed by atoms with E-state index in [-0.39, 0.29) is 30.9 Å². The van der Waals surface area contributed by atoms with Gasteiger partial charge >= 0.3 is 11.9 Å². The Labute approximate surface area is 108 Å². The van der Waals surface area contributed by atoms with Gasteiger partial charge in [-0.1, -0.05) is 26.7 Å². The highest BCUT2D eigenvalue weighted by molar-refractivity contribution is 7.81. The molecule has 0 aromatic carbocycles. The zero-order chi connectivity index (χ0) is 13.1. The van der Waals surface area contributed by atoms with E-state index >= 15 is 0 Å². The van der Waals surface area contributed by atoms with Crippen LogP contribution in [-0.4, -0.2) is 30.9 Å². The Bertz CT molecular complexity index is 231. The molecule has 1 atom stereocenters. The van der Waals surface area contributed by atoms with Crippen molar-refractivity contribution in [3.8, 4) is 0 Å². The highest BCUT2D eigenvalue weighted by Gasteiger charge is 2.17. The van der Waals surface area contributed by atoms with Crippen LogP contribution in [0.2, 0.25) is 0 Å². The lowest BCUT2D eigenvalue weighted by molar-refractivity contribution is -0.154. The second-order valence-corrected chi connectivity index (χ2v) is 4.11. The Hall–Kier alpha value is -0.710. The number of rotatable bonds is 9. The summed E-state index contributed by atoms with van der Waals surface area (Å²) in [4.78, 5) is 22.4. The van der Waals surface area contributed by atoms with Crippen molar-refractivity contribution in [2.75, 3.05) is 19.0 Å². The SMILES string of the molecule is CCCCC(CC)C(=O)OCCOC(=O)CS. The van der Waals surface area contributed by atoms with Crippen LogP contribution in [0, 0.1) is 5.92 Å². The van der Waals surface area contributed by atoms with Gasteiger partial charge in [0.1, 0.15) is 13.2 Å². The highest BCUT2D eigenvalue weighted by Crippen LogP contribution is 2.14. The molecule has 0 saturated carbocycles. The molecule has 0 aromatic rings. The van der Waals surface area contributed by atoms with Crippen LogP contribution in [0.25, 0.3) is 0 Å². The standard InChI is InChI=1S/C12H22O4S/c1-3-5-6-10(4-2)12(14)16-8-7-15-11(13)9-17/h10,17H,3-9H2,1-2H3. The molecule has 0 aliphatic heterocycles. The fraction of sp³-hybridized carbons (Fsp3) is 0.833. The van der Waals surface area contributed by atoms with Crippen LogP contribution in [0.4, 0.5) is 0 Å². The number of carbonyl (C=O) groups excluding carboxylic acids is 2. The zero-order valence-electron chi connectivity index (χ0n) is 10.6. The molecule has 0 aromatic heterocycles. The van der Waals surface area contributed by atoms with Crippen LogP contribution in [0.3, 0.4) is 0 Å². The lowest BCUT2D eigenvalue weighted by atomic mass is 10.00. The predicted octanol–water partition coefficient (Wildman–Crippen LogP) is 2.22. The molecule has 0 fully saturated rings. The van der Waals surface area contributed by atoms with E-state index in [2.05, 4.69) is 19.6 Å². The molecule has 0 radical (unpaired) electrons. The van der Waals surface area contributed by atoms with Crippen molar-refractivity contribution >= 4 is 24.6 Å². The Morgan fingerprint density at radius 2 is 1.82 bits per heavy atom. The maximum atomic E-state index is 11.6. The van der Waals surface area contributed by atoms with E-state index in [9.17, 15) is 9.59 Å². The Morgan fingerprint density at radius 1 is 1.18 bits per heavy atom. The molecule has 0 aliphatic rings. The third-order valence-electron chi connectivity index (χ3n) is 2.45. The van der Waals surface area contributed by atoms with Gasteiger partial charge in [-0.05, 0) is 12.8 Å². The number of unbranched alkanes of at least 4 members (excludes halogenated alkanes) is 1. The first-order valence-electron chi connectivity index (χ1n) is 6.08. The maximum absolute atomic E-state index is 11.6. The molecule has 100 valence electrons. The normalized spacial score (nSPS) is 11.9. The predicted molar refractivity (Wildman–Crippen MR) is 69.1 cm³/mol. The molecule has 0 saturated heterocycles. The Kier molecular flexibility index (Phi) is 10.0. The number of carbonyl (C=O) groups is 2. The summed E-state index contributed by atoms with van der Waals surface area (Å²) in [5.74, 6) is -0.581. The molecule has 17 heavy (non-hydrogen) atoms. The van der Waals surface area contributed by atoms with Crippen LogP contribution in [0.5, 0.6) is 0 Å². The summed E-state index contributed by atoms with van der Waals surface area (Å²) in [7, 11) is 0. The summed E-state index contributed by atoms with van der Waals surface area (Å²) in [5, 5.41) is 0. The van der Waals surface area contributed by atoms with Crippen molar-refractivity contribution < 1.29 is 19.1 Å². The number of thiol groups is 1. The molecule has 1 unspecified atom stereocenters. The topological polar surface area (TPSA) is 52.6 Å². The van der Waals surface area contributed by atoms with Gasteiger partial charge in [0, 0.05) is 0 Å². The van der Waals surface area contributed by atoms with Crippen molar-refractivity contribution in [3.63, 3.8) is 0 Å². The molecule has 0 amide bonds. The number of ether oxygens (including phenoxy) is 2. The minimum absolute atomic E-state index is 0.0319. The monoisotopic (exact) mass is 262 g/mol. The fourth-order valence-corrected chi connectivity index (χ4v) is 1.49. The minimum Gasteiger partial charge on any atom is -0.462 e. The second-order valence-electron chi connectivity index (χ2n) is 3.79. The summed E-state index contributed by atoms with van der Waals surface area (Å²) in [5.41, 5.74) is 0. The summed E-state index contributed by atoms with van der Waals surface area (Å²) in [6, 6.07) is 0. The van der Waals surface area contributed by atoms with E-state index in [0.29, 0.717) is 0 Å². The van der Waals surface area contributed by atoms with Gasteiger partial charge in [-0.15, -0.1) is 0 Å². The lowest BCUT2D eigenvalue weighted by Crippen LogP contribution is -2.20. The Balaban J connectivity index is 3.71. The third-order valence-corrected chi connectivity index (χ3v) is 2.71. The highest BCUT2D eigenvalue weighted by atomic mass is 32.1. The van der Waals surface area contributed by atoms with Gasteiger partial charge in [0.25, 0.3) is 0 Å². The van der Waals surface area contributed by atoms with E-state index in [1.807, 2.05) is 6.92 Å². The molecule has 0 rings (SSSR count). The first-order chi connectivity index (χ1) is 8.15. The van der Waals surface area contributed by atoms with E-state index in [4.69, 9.17) is 9.47 Å². The van der Waals surface area contributed by atoms with Gasteiger partial charge in [0.05, 0.1) is 11.7 Å². The zero-order valence-corrected chi connectivity index (χ0v) is 11.5. The van der Waals surface area contributed by atoms with Crippen molar-refractivity contribution in [2.24, 2.45) is 5.92 Å². The summed E-state index contributed by atoms with van der Waals surface area (Å²) in [6.07, 6.45) is 3.75. The first-order valence-corrected chi connectivity index (χ1v) is 6.72. The van der Waals surface area contributed by atoms with E-state index in [1.165, 1.54) is 0 Å². The smallest absolute Gasteiger partial charge is 0.315 e. The molecule has 0 spiro atoms.